The van der Waals surface area contributed by atoms with Gasteiger partial charge < -0.3 is 16.4 Å². The summed E-state index contributed by atoms with van der Waals surface area (Å²) in [5, 5.41) is 11.2. The molecule has 148 valence electrons. The van der Waals surface area contributed by atoms with Crippen molar-refractivity contribution in [2.75, 3.05) is 17.2 Å². The molecule has 2 heterocycles. The van der Waals surface area contributed by atoms with E-state index in [-0.39, 0.29) is 24.9 Å². The molecule has 2 aromatic heterocycles. The molecule has 7 nitrogen and oxygen atoms in total. The zero-order valence-electron chi connectivity index (χ0n) is 15.6. The first-order chi connectivity index (χ1) is 13.4. The van der Waals surface area contributed by atoms with Crippen molar-refractivity contribution < 1.29 is 8.78 Å². The molecule has 1 saturated carbocycles. The number of benzene rings is 1. The van der Waals surface area contributed by atoms with E-state index in [1.54, 1.807) is 17.9 Å². The number of halogens is 2. The van der Waals surface area contributed by atoms with Crippen molar-refractivity contribution >= 4 is 22.8 Å². The van der Waals surface area contributed by atoms with Crippen LogP contribution in [0.1, 0.15) is 30.9 Å². The summed E-state index contributed by atoms with van der Waals surface area (Å²) in [5.74, 6) is -1.73. The summed E-state index contributed by atoms with van der Waals surface area (Å²) in [6.45, 7) is 0.439. The van der Waals surface area contributed by atoms with E-state index in [1.165, 1.54) is 0 Å². The van der Waals surface area contributed by atoms with Crippen molar-refractivity contribution in [1.82, 2.24) is 19.7 Å². The summed E-state index contributed by atoms with van der Waals surface area (Å²) in [6, 6.07) is 9.19. The number of aromatic nitrogens is 4. The Balaban J connectivity index is 1.54. The molecule has 1 aliphatic carbocycles. The van der Waals surface area contributed by atoms with E-state index in [0.29, 0.717) is 35.8 Å². The van der Waals surface area contributed by atoms with Crippen LogP contribution >= 0.6 is 0 Å². The molecule has 1 fully saturated rings. The van der Waals surface area contributed by atoms with Gasteiger partial charge in [-0.05, 0) is 12.0 Å². The predicted molar refractivity (Wildman–Crippen MR) is 104 cm³/mol. The number of nitrogens with two attached hydrogens (primary N) is 1. The second-order valence-corrected chi connectivity index (χ2v) is 7.24. The highest BCUT2D eigenvalue weighted by molar-refractivity contribution is 5.87. The van der Waals surface area contributed by atoms with Crippen molar-refractivity contribution in [2.45, 2.75) is 37.3 Å². The second kappa shape index (κ2) is 7.31. The van der Waals surface area contributed by atoms with Crippen LogP contribution in [-0.2, 0) is 7.05 Å². The standard InChI is InChI=1S/C19H23F2N7/c1-28-17-14(10-24-28)16(25-13-7-8-19(20,21)9-13)26-18(27-17)23-11-15(22)12-5-3-2-4-6-12/h2-6,10,13,15H,7-9,11,22H2,1H3,(H2,23,25,26,27)/t13-,15-/m0/s1. The van der Waals surface area contributed by atoms with E-state index in [4.69, 9.17) is 5.73 Å². The van der Waals surface area contributed by atoms with E-state index in [0.717, 1.165) is 5.56 Å². The topological polar surface area (TPSA) is 93.7 Å². The van der Waals surface area contributed by atoms with Crippen LogP contribution < -0.4 is 16.4 Å². The highest BCUT2D eigenvalue weighted by Gasteiger charge is 2.39. The molecule has 0 spiro atoms. The largest absolute Gasteiger partial charge is 0.366 e. The zero-order valence-corrected chi connectivity index (χ0v) is 15.6. The molecule has 0 amide bonds. The van der Waals surface area contributed by atoms with Crippen LogP contribution in [0.2, 0.25) is 0 Å². The minimum absolute atomic E-state index is 0.108. The number of hydrogen-bond donors (Lipinski definition) is 3. The Labute approximate surface area is 161 Å². The van der Waals surface area contributed by atoms with Gasteiger partial charge in [-0.2, -0.15) is 15.1 Å². The lowest BCUT2D eigenvalue weighted by atomic mass is 10.1. The second-order valence-electron chi connectivity index (χ2n) is 7.24. The van der Waals surface area contributed by atoms with Gasteiger partial charge >= 0.3 is 0 Å². The number of hydrogen-bond acceptors (Lipinski definition) is 6. The Morgan fingerprint density at radius 3 is 2.79 bits per heavy atom. The minimum atomic E-state index is -2.62. The van der Waals surface area contributed by atoms with Gasteiger partial charge in [0.2, 0.25) is 11.9 Å². The molecule has 0 bridgehead atoms. The fraction of sp³-hybridized carbons (Fsp3) is 0.421. The molecule has 0 aliphatic heterocycles. The Kier molecular flexibility index (Phi) is 4.84. The minimum Gasteiger partial charge on any atom is -0.366 e. The van der Waals surface area contributed by atoms with Gasteiger partial charge in [-0.15, -0.1) is 0 Å². The highest BCUT2D eigenvalue weighted by Crippen LogP contribution is 2.36. The molecule has 4 N–H and O–H groups in total. The lowest BCUT2D eigenvalue weighted by Crippen LogP contribution is -2.23. The number of fused-ring (bicyclic) bond motifs is 1. The Morgan fingerprint density at radius 2 is 2.07 bits per heavy atom. The molecule has 0 radical (unpaired) electrons. The Hall–Kier alpha value is -2.81. The smallest absolute Gasteiger partial charge is 0.250 e. The summed E-state index contributed by atoms with van der Waals surface area (Å²) in [5.41, 5.74) is 7.86. The molecule has 3 aromatic rings. The average molecular weight is 387 g/mol. The van der Waals surface area contributed by atoms with Gasteiger partial charge in [0, 0.05) is 38.5 Å². The number of nitrogens with one attached hydrogen (secondary N) is 2. The first-order valence-corrected chi connectivity index (χ1v) is 9.30. The molecule has 2 atom stereocenters. The van der Waals surface area contributed by atoms with Crippen molar-refractivity contribution in [3.8, 4) is 0 Å². The maximum atomic E-state index is 13.5. The van der Waals surface area contributed by atoms with Crippen LogP contribution in [0.15, 0.2) is 36.5 Å². The molecule has 4 rings (SSSR count). The van der Waals surface area contributed by atoms with E-state index < -0.39 is 5.92 Å². The van der Waals surface area contributed by atoms with Crippen LogP contribution in [0.25, 0.3) is 11.0 Å². The quantitative estimate of drug-likeness (QED) is 0.602. The van der Waals surface area contributed by atoms with E-state index in [2.05, 4.69) is 25.7 Å². The molecule has 28 heavy (non-hydrogen) atoms. The molecule has 0 saturated heterocycles. The number of rotatable bonds is 6. The van der Waals surface area contributed by atoms with Crippen LogP contribution in [0, 0.1) is 0 Å². The average Bonchev–Trinajstić information content (AvgIpc) is 3.22. The zero-order chi connectivity index (χ0) is 19.7. The SMILES string of the molecule is Cn1ncc2c(N[C@H]3CCC(F)(F)C3)nc(NC[C@H](N)c3ccccc3)nc21. The normalized spacial score (nSPS) is 19.6. The predicted octanol–water partition coefficient (Wildman–Crippen LogP) is 3.07. The third-order valence-electron chi connectivity index (χ3n) is 5.04. The van der Waals surface area contributed by atoms with Crippen LogP contribution in [-0.4, -0.2) is 38.3 Å². The Morgan fingerprint density at radius 1 is 1.29 bits per heavy atom. The number of anilines is 2. The molecule has 9 heteroatoms. The fourth-order valence-electron chi connectivity index (χ4n) is 3.50. The third kappa shape index (κ3) is 3.89. The maximum absolute atomic E-state index is 13.5. The molecular weight excluding hydrogens is 364 g/mol. The van der Waals surface area contributed by atoms with Crippen molar-refractivity contribution in [2.24, 2.45) is 12.8 Å². The number of alkyl halides is 2. The third-order valence-corrected chi connectivity index (χ3v) is 5.04. The summed E-state index contributed by atoms with van der Waals surface area (Å²) in [4.78, 5) is 9.00. The number of aryl methyl sites for hydroxylation is 1. The lowest BCUT2D eigenvalue weighted by molar-refractivity contribution is 0.00852. The van der Waals surface area contributed by atoms with E-state index in [9.17, 15) is 8.78 Å². The molecule has 0 unspecified atom stereocenters. The van der Waals surface area contributed by atoms with Gasteiger partial charge in [0.25, 0.3) is 0 Å². The Bertz CT molecular complexity index is 958. The van der Waals surface area contributed by atoms with Gasteiger partial charge in [-0.25, -0.2) is 8.78 Å². The molecular formula is C19H23F2N7. The highest BCUT2D eigenvalue weighted by atomic mass is 19.3. The fourth-order valence-corrected chi connectivity index (χ4v) is 3.50. The van der Waals surface area contributed by atoms with Gasteiger partial charge in [0.1, 0.15) is 5.82 Å². The lowest BCUT2D eigenvalue weighted by Gasteiger charge is -2.16. The first-order valence-electron chi connectivity index (χ1n) is 9.30. The summed E-state index contributed by atoms with van der Waals surface area (Å²) >= 11 is 0. The first kappa shape index (κ1) is 18.5. The van der Waals surface area contributed by atoms with Gasteiger partial charge in [0.15, 0.2) is 5.65 Å². The van der Waals surface area contributed by atoms with Gasteiger partial charge in [-0.3, -0.25) is 4.68 Å². The van der Waals surface area contributed by atoms with E-state index >= 15 is 0 Å². The van der Waals surface area contributed by atoms with Gasteiger partial charge in [-0.1, -0.05) is 30.3 Å². The van der Waals surface area contributed by atoms with Gasteiger partial charge in [0.05, 0.1) is 11.6 Å². The summed E-state index contributed by atoms with van der Waals surface area (Å²) in [6.07, 6.45) is 1.74. The van der Waals surface area contributed by atoms with E-state index in [1.807, 2.05) is 30.3 Å². The summed E-state index contributed by atoms with van der Waals surface area (Å²) in [7, 11) is 1.78. The van der Waals surface area contributed by atoms with Crippen molar-refractivity contribution in [3.05, 3.63) is 42.1 Å². The maximum Gasteiger partial charge on any atom is 0.250 e. The van der Waals surface area contributed by atoms with Crippen molar-refractivity contribution in [3.63, 3.8) is 0 Å². The monoisotopic (exact) mass is 387 g/mol. The van der Waals surface area contributed by atoms with Crippen molar-refractivity contribution in [1.29, 1.82) is 0 Å². The molecule has 1 aromatic carbocycles. The van der Waals surface area contributed by atoms with Crippen LogP contribution in [0.5, 0.6) is 0 Å². The molecule has 1 aliphatic rings. The van der Waals surface area contributed by atoms with Crippen LogP contribution in [0.3, 0.4) is 0 Å². The summed E-state index contributed by atoms with van der Waals surface area (Å²) < 4.78 is 28.7. The van der Waals surface area contributed by atoms with Crippen LogP contribution in [0.4, 0.5) is 20.5 Å². The number of nitrogens with zero attached hydrogens (tertiary/aromatic N) is 4.